The zero-order chi connectivity index (χ0) is 14.0. The lowest BCUT2D eigenvalue weighted by atomic mass is 10.2. The Labute approximate surface area is 126 Å². The van der Waals surface area contributed by atoms with E-state index in [9.17, 15) is 4.79 Å². The Bertz CT molecular complexity index is 450. The molecule has 0 bridgehead atoms. The molecule has 0 aromatic heterocycles. The summed E-state index contributed by atoms with van der Waals surface area (Å²) in [5.74, 6) is 0. The molecule has 1 amide bonds. The molecule has 19 heavy (non-hydrogen) atoms. The van der Waals surface area contributed by atoms with E-state index in [-0.39, 0.29) is 6.09 Å². The molecule has 1 aromatic carbocycles. The smallest absolute Gasteiger partial charge is 0.410 e. The van der Waals surface area contributed by atoms with E-state index in [0.29, 0.717) is 5.25 Å². The molecule has 0 radical (unpaired) electrons. The number of halogens is 1. The van der Waals surface area contributed by atoms with Gasteiger partial charge in [-0.3, -0.25) is 0 Å². The highest BCUT2D eigenvalue weighted by Gasteiger charge is 2.34. The molecule has 1 aliphatic rings. The van der Waals surface area contributed by atoms with E-state index in [1.165, 1.54) is 4.90 Å². The highest BCUT2D eigenvalue weighted by Crippen LogP contribution is 2.31. The molecule has 0 aliphatic carbocycles. The van der Waals surface area contributed by atoms with E-state index in [4.69, 9.17) is 4.74 Å². The number of carbonyl (C=O) groups excluding carboxylic acids is 1. The third-order valence-corrected chi connectivity index (χ3v) is 4.32. The first kappa shape index (κ1) is 14.7. The number of nitrogens with zero attached hydrogens (tertiary/aromatic N) is 1. The van der Waals surface area contributed by atoms with Gasteiger partial charge in [0.05, 0.1) is 0 Å². The third-order valence-electron chi connectivity index (χ3n) is 2.62. The van der Waals surface area contributed by atoms with Crippen molar-refractivity contribution in [1.29, 1.82) is 0 Å². The van der Waals surface area contributed by atoms with Gasteiger partial charge in [-0.1, -0.05) is 15.9 Å². The lowest BCUT2D eigenvalue weighted by Gasteiger charge is -2.39. The quantitative estimate of drug-likeness (QED) is 0.807. The van der Waals surface area contributed by atoms with Crippen LogP contribution in [-0.4, -0.2) is 34.9 Å². The van der Waals surface area contributed by atoms with Crippen molar-refractivity contribution >= 4 is 33.8 Å². The van der Waals surface area contributed by atoms with Gasteiger partial charge in [-0.2, -0.15) is 0 Å². The summed E-state index contributed by atoms with van der Waals surface area (Å²) in [6, 6.07) is 8.25. The van der Waals surface area contributed by atoms with Crippen LogP contribution in [0.15, 0.2) is 33.6 Å². The first-order chi connectivity index (χ1) is 8.83. The molecule has 0 atom stereocenters. The van der Waals surface area contributed by atoms with Crippen LogP contribution in [0.3, 0.4) is 0 Å². The normalized spacial score (nSPS) is 16.1. The average Bonchev–Trinajstić information content (AvgIpc) is 2.22. The summed E-state index contributed by atoms with van der Waals surface area (Å²) in [6.45, 7) is 7.18. The first-order valence-electron chi connectivity index (χ1n) is 6.24. The number of carbonyl (C=O) groups is 1. The second-order valence-electron chi connectivity index (χ2n) is 5.58. The minimum atomic E-state index is -0.416. The van der Waals surface area contributed by atoms with E-state index in [2.05, 4.69) is 28.1 Å². The fraction of sp³-hybridized carbons (Fsp3) is 0.500. The highest BCUT2D eigenvalue weighted by molar-refractivity contribution is 9.10. The fourth-order valence-corrected chi connectivity index (χ4v) is 3.15. The van der Waals surface area contributed by atoms with Gasteiger partial charge in [-0.25, -0.2) is 4.79 Å². The maximum atomic E-state index is 11.8. The number of ether oxygens (including phenoxy) is 1. The lowest BCUT2D eigenvalue weighted by Crippen LogP contribution is -2.53. The monoisotopic (exact) mass is 343 g/mol. The molecule has 0 N–H and O–H groups in total. The number of rotatable bonds is 2. The van der Waals surface area contributed by atoms with Crippen LogP contribution in [0.4, 0.5) is 4.79 Å². The predicted octanol–water partition coefficient (Wildman–Crippen LogP) is 4.16. The van der Waals surface area contributed by atoms with E-state index in [1.807, 2.05) is 44.7 Å². The van der Waals surface area contributed by atoms with Gasteiger partial charge in [0.1, 0.15) is 5.60 Å². The summed E-state index contributed by atoms with van der Waals surface area (Å²) in [5.41, 5.74) is -0.416. The van der Waals surface area contributed by atoms with E-state index in [1.54, 1.807) is 4.90 Å². The van der Waals surface area contributed by atoms with Gasteiger partial charge in [0.25, 0.3) is 0 Å². The van der Waals surface area contributed by atoms with Crippen molar-refractivity contribution in [1.82, 2.24) is 4.90 Å². The van der Waals surface area contributed by atoms with Crippen LogP contribution in [0, 0.1) is 0 Å². The molecule has 1 aromatic rings. The van der Waals surface area contributed by atoms with Crippen LogP contribution in [0.1, 0.15) is 20.8 Å². The molecule has 5 heteroatoms. The van der Waals surface area contributed by atoms with Crippen LogP contribution in [0.5, 0.6) is 0 Å². The number of amides is 1. The second-order valence-corrected chi connectivity index (χ2v) is 7.87. The summed E-state index contributed by atoms with van der Waals surface area (Å²) in [4.78, 5) is 14.8. The molecule has 1 aliphatic heterocycles. The number of thioether (sulfide) groups is 1. The van der Waals surface area contributed by atoms with Crippen LogP contribution in [-0.2, 0) is 4.74 Å². The number of likely N-dealkylation sites (tertiary alicyclic amines) is 1. The Hall–Kier alpha value is -0.680. The second kappa shape index (κ2) is 5.75. The summed E-state index contributed by atoms with van der Waals surface area (Å²) in [6.07, 6.45) is -0.208. The zero-order valence-electron chi connectivity index (χ0n) is 11.4. The summed E-state index contributed by atoms with van der Waals surface area (Å²) >= 11 is 5.23. The molecule has 0 saturated carbocycles. The summed E-state index contributed by atoms with van der Waals surface area (Å²) in [5, 5.41) is 0.466. The van der Waals surface area contributed by atoms with Crippen molar-refractivity contribution in [3.05, 3.63) is 28.7 Å². The van der Waals surface area contributed by atoms with Gasteiger partial charge in [0.2, 0.25) is 0 Å². The SMILES string of the molecule is CC(C)(C)OC(=O)N1CC(Sc2ccc(Br)cc2)C1. The minimum Gasteiger partial charge on any atom is -0.444 e. The number of hydrogen-bond donors (Lipinski definition) is 0. The summed E-state index contributed by atoms with van der Waals surface area (Å²) < 4.78 is 6.41. The van der Waals surface area contributed by atoms with Crippen molar-refractivity contribution in [2.24, 2.45) is 0 Å². The first-order valence-corrected chi connectivity index (χ1v) is 7.91. The number of benzene rings is 1. The minimum absolute atomic E-state index is 0.208. The third kappa shape index (κ3) is 4.42. The topological polar surface area (TPSA) is 29.5 Å². The van der Waals surface area contributed by atoms with Gasteiger partial charge >= 0.3 is 6.09 Å². The van der Waals surface area contributed by atoms with Crippen molar-refractivity contribution < 1.29 is 9.53 Å². The fourth-order valence-electron chi connectivity index (χ4n) is 1.69. The standard InChI is InChI=1S/C14H18BrNO2S/c1-14(2,3)18-13(17)16-8-12(9-16)19-11-6-4-10(15)5-7-11/h4-7,12H,8-9H2,1-3H3. The van der Waals surface area contributed by atoms with E-state index < -0.39 is 5.60 Å². The molecule has 2 rings (SSSR count). The van der Waals surface area contributed by atoms with Crippen molar-refractivity contribution in [3.63, 3.8) is 0 Å². The predicted molar refractivity (Wildman–Crippen MR) is 81.6 cm³/mol. The van der Waals surface area contributed by atoms with Crippen LogP contribution in [0.2, 0.25) is 0 Å². The molecule has 3 nitrogen and oxygen atoms in total. The Balaban J connectivity index is 1.77. The van der Waals surface area contributed by atoms with Crippen LogP contribution < -0.4 is 0 Å². The van der Waals surface area contributed by atoms with Crippen molar-refractivity contribution in [2.75, 3.05) is 13.1 Å². The van der Waals surface area contributed by atoms with Gasteiger partial charge in [-0.15, -0.1) is 11.8 Å². The average molecular weight is 344 g/mol. The van der Waals surface area contributed by atoms with Crippen molar-refractivity contribution in [2.45, 2.75) is 36.5 Å². The lowest BCUT2D eigenvalue weighted by molar-refractivity contribution is 0.0144. The Morgan fingerprint density at radius 2 is 1.89 bits per heavy atom. The van der Waals surface area contributed by atoms with Crippen LogP contribution >= 0.6 is 27.7 Å². The Morgan fingerprint density at radius 1 is 1.32 bits per heavy atom. The van der Waals surface area contributed by atoms with Gasteiger partial charge in [0.15, 0.2) is 0 Å². The van der Waals surface area contributed by atoms with Gasteiger partial charge in [0, 0.05) is 27.7 Å². The Kier molecular flexibility index (Phi) is 4.46. The zero-order valence-corrected chi connectivity index (χ0v) is 13.8. The molecule has 1 saturated heterocycles. The van der Waals surface area contributed by atoms with Crippen LogP contribution in [0.25, 0.3) is 0 Å². The molecular formula is C14H18BrNO2S. The molecule has 0 spiro atoms. The largest absolute Gasteiger partial charge is 0.444 e. The summed E-state index contributed by atoms with van der Waals surface area (Å²) in [7, 11) is 0. The van der Waals surface area contributed by atoms with Crippen molar-refractivity contribution in [3.8, 4) is 0 Å². The van der Waals surface area contributed by atoms with Gasteiger partial charge in [-0.05, 0) is 45.0 Å². The Morgan fingerprint density at radius 3 is 2.42 bits per heavy atom. The molecule has 1 fully saturated rings. The maximum absolute atomic E-state index is 11.8. The van der Waals surface area contributed by atoms with E-state index in [0.717, 1.165) is 17.6 Å². The molecule has 0 unspecified atom stereocenters. The van der Waals surface area contributed by atoms with Gasteiger partial charge < -0.3 is 9.64 Å². The number of hydrogen-bond acceptors (Lipinski definition) is 3. The highest BCUT2D eigenvalue weighted by atomic mass is 79.9. The molecular weight excluding hydrogens is 326 g/mol. The molecule has 1 heterocycles. The van der Waals surface area contributed by atoms with E-state index >= 15 is 0 Å². The maximum Gasteiger partial charge on any atom is 0.410 e. The molecule has 104 valence electrons.